The lowest BCUT2D eigenvalue weighted by Crippen LogP contribution is -2.10. The van der Waals surface area contributed by atoms with Gasteiger partial charge in [0.15, 0.2) is 0 Å². The van der Waals surface area contributed by atoms with E-state index in [4.69, 9.17) is 16.9 Å². The lowest BCUT2D eigenvalue weighted by Gasteiger charge is -2.04. The van der Waals surface area contributed by atoms with E-state index in [-0.39, 0.29) is 12.3 Å². The van der Waals surface area contributed by atoms with Gasteiger partial charge in [0.05, 0.1) is 23.0 Å². The second-order valence-electron chi connectivity index (χ2n) is 3.53. The molecule has 0 aliphatic carbocycles. The van der Waals surface area contributed by atoms with Crippen molar-refractivity contribution in [3.05, 3.63) is 41.7 Å². The number of carbonyl (C=O) groups is 1. The number of carbonyl (C=O) groups excluding carboxylic acids is 1. The number of hydrogen-bond acceptors (Lipinski definition) is 3. The van der Waals surface area contributed by atoms with Crippen molar-refractivity contribution in [2.45, 2.75) is 6.42 Å². The second-order valence-corrected chi connectivity index (χ2v) is 3.97. The Morgan fingerprint density at radius 1 is 1.44 bits per heavy atom. The number of halogens is 1. The molecule has 1 aromatic heterocycles. The number of hydrogen-bond donors (Lipinski definition) is 1. The maximum atomic E-state index is 11.2. The molecule has 5 nitrogen and oxygen atoms in total. The van der Waals surface area contributed by atoms with E-state index in [1.807, 2.05) is 0 Å². The molecule has 0 fully saturated rings. The minimum Gasteiger partial charge on any atom is -0.325 e. The number of rotatable bonds is 3. The van der Waals surface area contributed by atoms with Crippen molar-refractivity contribution < 1.29 is 4.79 Å². The van der Waals surface area contributed by atoms with Crippen molar-refractivity contribution in [3.63, 3.8) is 0 Å². The van der Waals surface area contributed by atoms with Gasteiger partial charge >= 0.3 is 0 Å². The molecule has 1 heterocycles. The summed E-state index contributed by atoms with van der Waals surface area (Å²) in [6.45, 7) is 0. The Bertz CT molecular complexity index is 597. The van der Waals surface area contributed by atoms with Gasteiger partial charge in [-0.2, -0.15) is 10.4 Å². The highest BCUT2D eigenvalue weighted by Gasteiger charge is 2.02. The Hall–Kier alpha value is -2.32. The molecule has 1 aromatic carbocycles. The van der Waals surface area contributed by atoms with Gasteiger partial charge in [0.2, 0.25) is 5.91 Å². The van der Waals surface area contributed by atoms with Crippen LogP contribution in [0.3, 0.4) is 0 Å². The summed E-state index contributed by atoms with van der Waals surface area (Å²) >= 11 is 5.77. The van der Waals surface area contributed by atoms with Crippen LogP contribution in [0.5, 0.6) is 0 Å². The molecule has 0 unspecified atom stereocenters. The van der Waals surface area contributed by atoms with Crippen molar-refractivity contribution in [2.24, 2.45) is 0 Å². The first kappa shape index (κ1) is 12.1. The van der Waals surface area contributed by atoms with E-state index in [0.29, 0.717) is 10.7 Å². The first-order valence-corrected chi connectivity index (χ1v) is 5.54. The predicted octanol–water partition coefficient (Wildman–Crippen LogP) is 2.38. The van der Waals surface area contributed by atoms with Crippen molar-refractivity contribution >= 4 is 23.2 Å². The topological polar surface area (TPSA) is 70.7 Å². The minimum absolute atomic E-state index is 0.156. The summed E-state index contributed by atoms with van der Waals surface area (Å²) in [4.78, 5) is 11.2. The second kappa shape index (κ2) is 5.34. The van der Waals surface area contributed by atoms with Crippen molar-refractivity contribution in [2.75, 3.05) is 5.32 Å². The number of nitrogens with zero attached hydrogens (tertiary/aromatic N) is 3. The van der Waals surface area contributed by atoms with Crippen LogP contribution in [-0.4, -0.2) is 15.7 Å². The molecular formula is C12H9ClN4O. The largest absolute Gasteiger partial charge is 0.325 e. The third-order valence-corrected chi connectivity index (χ3v) is 2.40. The van der Waals surface area contributed by atoms with Gasteiger partial charge in [-0.25, -0.2) is 4.68 Å². The van der Waals surface area contributed by atoms with Crippen LogP contribution < -0.4 is 5.32 Å². The van der Waals surface area contributed by atoms with Gasteiger partial charge in [-0.15, -0.1) is 0 Å². The molecule has 0 saturated heterocycles. The average molecular weight is 261 g/mol. The lowest BCUT2D eigenvalue weighted by atomic mass is 10.2. The average Bonchev–Trinajstić information content (AvgIpc) is 2.77. The van der Waals surface area contributed by atoms with Crippen LogP contribution in [0.25, 0.3) is 5.69 Å². The van der Waals surface area contributed by atoms with Crippen molar-refractivity contribution in [1.29, 1.82) is 5.26 Å². The number of benzene rings is 1. The maximum absolute atomic E-state index is 11.2. The fourth-order valence-electron chi connectivity index (χ4n) is 1.42. The maximum Gasteiger partial charge on any atom is 0.238 e. The summed E-state index contributed by atoms with van der Waals surface area (Å²) in [5.74, 6) is -0.326. The molecule has 0 radical (unpaired) electrons. The molecule has 0 bridgehead atoms. The van der Waals surface area contributed by atoms with E-state index < -0.39 is 0 Å². The lowest BCUT2D eigenvalue weighted by molar-refractivity contribution is -0.115. The number of amides is 1. The van der Waals surface area contributed by atoms with Crippen molar-refractivity contribution in [3.8, 4) is 11.8 Å². The summed E-state index contributed by atoms with van der Waals surface area (Å²) in [6.07, 6.45) is 3.07. The molecular weight excluding hydrogens is 252 g/mol. The summed E-state index contributed by atoms with van der Waals surface area (Å²) in [5, 5.41) is 15.6. The molecule has 0 aliphatic heterocycles. The number of nitrogens with one attached hydrogen (secondary N) is 1. The number of nitriles is 1. The zero-order valence-electron chi connectivity index (χ0n) is 9.30. The summed E-state index contributed by atoms with van der Waals surface area (Å²) in [7, 11) is 0. The van der Waals surface area contributed by atoms with E-state index in [1.165, 1.54) is 0 Å². The van der Waals surface area contributed by atoms with Crippen molar-refractivity contribution in [1.82, 2.24) is 9.78 Å². The molecule has 1 N–H and O–H groups in total. The van der Waals surface area contributed by atoms with Crippen LogP contribution >= 0.6 is 11.6 Å². The van der Waals surface area contributed by atoms with Gasteiger partial charge in [0, 0.05) is 11.9 Å². The standard InChI is InChI=1S/C12H9ClN4O/c13-9-7-15-17(8-9)11-3-1-10(2-4-11)16-12(18)5-6-14/h1-4,7-8H,5H2,(H,16,18). The van der Waals surface area contributed by atoms with Crippen LogP contribution in [0, 0.1) is 11.3 Å². The first-order valence-electron chi connectivity index (χ1n) is 5.16. The summed E-state index contributed by atoms with van der Waals surface area (Å²) in [5.41, 5.74) is 1.47. The zero-order chi connectivity index (χ0) is 13.0. The quantitative estimate of drug-likeness (QED) is 0.921. The summed E-state index contributed by atoms with van der Waals surface area (Å²) in [6, 6.07) is 8.85. The van der Waals surface area contributed by atoms with E-state index in [1.54, 1.807) is 47.4 Å². The molecule has 0 spiro atoms. The van der Waals surface area contributed by atoms with Gasteiger partial charge in [-0.1, -0.05) is 11.6 Å². The van der Waals surface area contributed by atoms with Crippen LogP contribution in [0.4, 0.5) is 5.69 Å². The number of aromatic nitrogens is 2. The number of anilines is 1. The first-order chi connectivity index (χ1) is 8.69. The minimum atomic E-state index is -0.326. The van der Waals surface area contributed by atoms with Gasteiger partial charge in [0.25, 0.3) is 0 Å². The Kier molecular flexibility index (Phi) is 3.60. The zero-order valence-corrected chi connectivity index (χ0v) is 10.1. The van der Waals surface area contributed by atoms with Crippen LogP contribution in [0.2, 0.25) is 5.02 Å². The van der Waals surface area contributed by atoms with Crippen LogP contribution in [0.15, 0.2) is 36.7 Å². The Morgan fingerprint density at radius 2 is 2.17 bits per heavy atom. The highest BCUT2D eigenvalue weighted by atomic mass is 35.5. The monoisotopic (exact) mass is 260 g/mol. The molecule has 18 heavy (non-hydrogen) atoms. The van der Waals surface area contributed by atoms with E-state index in [2.05, 4.69) is 10.4 Å². The molecule has 6 heteroatoms. The molecule has 0 atom stereocenters. The Balaban J connectivity index is 2.11. The van der Waals surface area contributed by atoms with Crippen LogP contribution in [-0.2, 0) is 4.79 Å². The Labute approximate surface area is 109 Å². The molecule has 2 aromatic rings. The highest BCUT2D eigenvalue weighted by molar-refractivity contribution is 6.30. The molecule has 2 rings (SSSR count). The normalized spacial score (nSPS) is 9.78. The van der Waals surface area contributed by atoms with Gasteiger partial charge in [0.1, 0.15) is 6.42 Å². The SMILES string of the molecule is N#CCC(=O)Nc1ccc(-n2cc(Cl)cn2)cc1. The van der Waals surface area contributed by atoms with Gasteiger partial charge in [-0.3, -0.25) is 4.79 Å². The highest BCUT2D eigenvalue weighted by Crippen LogP contribution is 2.15. The van der Waals surface area contributed by atoms with Gasteiger partial charge in [-0.05, 0) is 24.3 Å². The molecule has 1 amide bonds. The Morgan fingerprint density at radius 3 is 2.72 bits per heavy atom. The van der Waals surface area contributed by atoms with E-state index in [0.717, 1.165) is 5.69 Å². The summed E-state index contributed by atoms with van der Waals surface area (Å²) < 4.78 is 1.63. The van der Waals surface area contributed by atoms with E-state index in [9.17, 15) is 4.79 Å². The third kappa shape index (κ3) is 2.87. The van der Waals surface area contributed by atoms with Crippen LogP contribution in [0.1, 0.15) is 6.42 Å². The predicted molar refractivity (Wildman–Crippen MR) is 67.4 cm³/mol. The molecule has 90 valence electrons. The third-order valence-electron chi connectivity index (χ3n) is 2.21. The fraction of sp³-hybridized carbons (Fsp3) is 0.0833. The van der Waals surface area contributed by atoms with Gasteiger partial charge < -0.3 is 5.32 Å². The molecule has 0 saturated carbocycles. The van der Waals surface area contributed by atoms with E-state index >= 15 is 0 Å². The fourth-order valence-corrected chi connectivity index (χ4v) is 1.55. The smallest absolute Gasteiger partial charge is 0.238 e. The molecule has 0 aliphatic rings.